The maximum atomic E-state index is 12.1. The van der Waals surface area contributed by atoms with E-state index in [0.717, 1.165) is 51.3 Å². The van der Waals surface area contributed by atoms with E-state index in [9.17, 15) is 9.59 Å². The molecule has 2 fully saturated rings. The maximum absolute atomic E-state index is 12.1. The van der Waals surface area contributed by atoms with Crippen molar-refractivity contribution in [3.8, 4) is 5.75 Å². The molecule has 2 aromatic carbocycles. The van der Waals surface area contributed by atoms with Crippen molar-refractivity contribution < 1.29 is 14.3 Å². The summed E-state index contributed by atoms with van der Waals surface area (Å²) in [6, 6.07) is 12.4. The van der Waals surface area contributed by atoms with Gasteiger partial charge in [-0.15, -0.1) is 0 Å². The van der Waals surface area contributed by atoms with E-state index < -0.39 is 0 Å². The van der Waals surface area contributed by atoms with Gasteiger partial charge in [0.1, 0.15) is 5.75 Å². The van der Waals surface area contributed by atoms with E-state index in [0.29, 0.717) is 6.54 Å². The molecular formula is C23H31N5O3. The van der Waals surface area contributed by atoms with Crippen molar-refractivity contribution in [2.45, 2.75) is 12.8 Å². The molecule has 8 heteroatoms. The van der Waals surface area contributed by atoms with Gasteiger partial charge in [-0.3, -0.25) is 19.6 Å². The minimum Gasteiger partial charge on any atom is -0.497 e. The molecule has 0 bridgehead atoms. The summed E-state index contributed by atoms with van der Waals surface area (Å²) >= 11 is 0. The lowest BCUT2D eigenvalue weighted by Crippen LogP contribution is -2.59. The Balaban J connectivity index is 1.25. The first-order chi connectivity index (χ1) is 15.1. The molecule has 0 unspecified atom stereocenters. The second-order valence-electron chi connectivity index (χ2n) is 8.12. The quantitative estimate of drug-likeness (QED) is 0.687. The fraction of sp³-hybridized carbons (Fsp3) is 0.478. The zero-order valence-electron chi connectivity index (χ0n) is 18.3. The zero-order chi connectivity index (χ0) is 21.8. The van der Waals surface area contributed by atoms with Gasteiger partial charge in [0.05, 0.1) is 13.7 Å². The molecule has 0 saturated carbocycles. The summed E-state index contributed by atoms with van der Waals surface area (Å²) < 4.78 is 5.42. The molecule has 4 rings (SSSR count). The predicted octanol–water partition coefficient (Wildman–Crippen LogP) is 2.15. The Labute approximate surface area is 183 Å². The molecule has 2 aromatic rings. The van der Waals surface area contributed by atoms with Crippen LogP contribution in [0.1, 0.15) is 12.8 Å². The Kier molecular flexibility index (Phi) is 6.58. The van der Waals surface area contributed by atoms with E-state index in [-0.39, 0.29) is 18.5 Å². The summed E-state index contributed by atoms with van der Waals surface area (Å²) in [6.45, 7) is 5.87. The number of rotatable bonds is 7. The van der Waals surface area contributed by atoms with Crippen molar-refractivity contribution in [3.63, 3.8) is 0 Å². The number of piperazine rings is 1. The summed E-state index contributed by atoms with van der Waals surface area (Å²) in [6.07, 6.45) is 1.93. The Hall–Kier alpha value is -2.84. The largest absolute Gasteiger partial charge is 0.497 e. The number of fused-ring (bicyclic) bond motifs is 1. The number of methoxy groups -OCH3 is 1. The van der Waals surface area contributed by atoms with Crippen molar-refractivity contribution in [1.29, 1.82) is 0 Å². The van der Waals surface area contributed by atoms with Gasteiger partial charge in [0.15, 0.2) is 0 Å². The minimum atomic E-state index is -0.267. The number of carbonyl (C=O) groups is 2. The first-order valence-corrected chi connectivity index (χ1v) is 10.9. The topological polar surface area (TPSA) is 68.4 Å². The van der Waals surface area contributed by atoms with Crippen LogP contribution in [0.25, 0.3) is 10.8 Å². The van der Waals surface area contributed by atoms with Gasteiger partial charge in [-0.25, -0.2) is 10.2 Å². The van der Waals surface area contributed by atoms with Crippen molar-refractivity contribution in [1.82, 2.24) is 20.2 Å². The molecule has 1 N–H and O–H groups in total. The van der Waals surface area contributed by atoms with Crippen LogP contribution in [0.3, 0.4) is 0 Å². The number of hydrogen-bond acceptors (Lipinski definition) is 6. The Morgan fingerprint density at radius 2 is 1.77 bits per heavy atom. The van der Waals surface area contributed by atoms with Crippen molar-refractivity contribution >= 4 is 28.4 Å². The number of unbranched alkanes of at least 4 members (excludes halogenated alkanes) is 1. The summed E-state index contributed by atoms with van der Waals surface area (Å²) in [7, 11) is 3.24. The lowest BCUT2D eigenvalue weighted by molar-refractivity contribution is -0.130. The van der Waals surface area contributed by atoms with Crippen LogP contribution in [-0.4, -0.2) is 86.7 Å². The van der Waals surface area contributed by atoms with Gasteiger partial charge in [-0.1, -0.05) is 18.2 Å². The number of nitrogens with zero attached hydrogens (tertiary/aromatic N) is 4. The fourth-order valence-corrected chi connectivity index (χ4v) is 4.27. The average molecular weight is 425 g/mol. The van der Waals surface area contributed by atoms with E-state index >= 15 is 0 Å². The third-order valence-electron chi connectivity index (χ3n) is 6.20. The Morgan fingerprint density at radius 3 is 2.55 bits per heavy atom. The van der Waals surface area contributed by atoms with Crippen LogP contribution in [-0.2, 0) is 4.79 Å². The van der Waals surface area contributed by atoms with Gasteiger partial charge >= 0.3 is 6.03 Å². The van der Waals surface area contributed by atoms with Gasteiger partial charge in [-0.2, -0.15) is 0 Å². The van der Waals surface area contributed by atoms with Crippen molar-refractivity contribution in [3.05, 3.63) is 36.4 Å². The molecule has 0 radical (unpaired) electrons. The summed E-state index contributed by atoms with van der Waals surface area (Å²) in [5.41, 5.74) is 4.17. The SMILES string of the molecule is CN1C(=O)CNN(CCCCN2CCN(c3cccc4ccc(O[11CH3])cc34)CC2)C1=O. The monoisotopic (exact) mass is 424 g/mol. The molecule has 2 heterocycles. The lowest BCUT2D eigenvalue weighted by atomic mass is 10.1. The third-order valence-corrected chi connectivity index (χ3v) is 6.20. The zero-order valence-corrected chi connectivity index (χ0v) is 18.3. The van der Waals surface area contributed by atoms with Crippen LogP contribution in [0.5, 0.6) is 5.75 Å². The fourth-order valence-electron chi connectivity index (χ4n) is 4.27. The summed E-state index contributed by atoms with van der Waals surface area (Å²) in [5, 5.41) is 4.01. The predicted molar refractivity (Wildman–Crippen MR) is 121 cm³/mol. The number of nitrogens with one attached hydrogen (secondary N) is 1. The second kappa shape index (κ2) is 9.53. The number of ether oxygens (including phenoxy) is 1. The molecule has 8 nitrogen and oxygen atoms in total. The highest BCUT2D eigenvalue weighted by atomic mass is 16.4. The molecule has 166 valence electrons. The molecule has 2 aliphatic heterocycles. The Bertz CT molecular complexity index is 942. The number of hydrazine groups is 1. The van der Waals surface area contributed by atoms with Crippen LogP contribution in [0.4, 0.5) is 10.5 Å². The molecule has 0 aromatic heterocycles. The summed E-state index contributed by atoms with van der Waals surface area (Å²) in [5.74, 6) is 0.694. The molecular weight excluding hydrogens is 393 g/mol. The van der Waals surface area contributed by atoms with E-state index in [4.69, 9.17) is 4.74 Å². The van der Waals surface area contributed by atoms with Crippen LogP contribution < -0.4 is 15.1 Å². The minimum absolute atomic E-state index is 0.185. The second-order valence-corrected chi connectivity index (χ2v) is 8.12. The first kappa shape index (κ1) is 21.4. The number of likely N-dealkylation sites (N-methyl/N-ethyl adjacent to an activating group) is 1. The van der Waals surface area contributed by atoms with Crippen LogP contribution in [0.2, 0.25) is 0 Å². The van der Waals surface area contributed by atoms with E-state index in [1.165, 1.54) is 28.4 Å². The molecule has 31 heavy (non-hydrogen) atoms. The normalized spacial score (nSPS) is 18.2. The van der Waals surface area contributed by atoms with E-state index in [2.05, 4.69) is 45.6 Å². The van der Waals surface area contributed by atoms with Gasteiger partial charge in [-0.05, 0) is 43.0 Å². The highest BCUT2D eigenvalue weighted by molar-refractivity contribution is 5.97. The molecule has 2 saturated heterocycles. The molecule has 2 aliphatic rings. The third kappa shape index (κ3) is 4.75. The van der Waals surface area contributed by atoms with Crippen LogP contribution in [0, 0.1) is 0 Å². The molecule has 0 spiro atoms. The number of imide groups is 1. The standard InChI is InChI=1S/C23H31N5O3/c1-25-22(29)17-24-28(23(25)30)11-4-3-10-26-12-14-27(15-13-26)21-7-5-6-18-8-9-19(31-2)16-20(18)21/h5-9,16,24H,3-4,10-15,17H2,1-2H3/i2-1. The van der Waals surface area contributed by atoms with Crippen LogP contribution >= 0.6 is 0 Å². The first-order valence-electron chi connectivity index (χ1n) is 10.9. The van der Waals surface area contributed by atoms with Gasteiger partial charge in [0.25, 0.3) is 0 Å². The number of anilines is 1. The highest BCUT2D eigenvalue weighted by Gasteiger charge is 2.28. The Morgan fingerprint density at radius 1 is 1.00 bits per heavy atom. The lowest BCUT2D eigenvalue weighted by Gasteiger charge is -2.37. The highest BCUT2D eigenvalue weighted by Crippen LogP contribution is 2.30. The molecule has 0 atom stereocenters. The van der Waals surface area contributed by atoms with E-state index in [1.807, 2.05) is 6.07 Å². The smallest absolute Gasteiger partial charge is 0.340 e. The van der Waals surface area contributed by atoms with Crippen LogP contribution in [0.15, 0.2) is 36.4 Å². The number of urea groups is 1. The van der Waals surface area contributed by atoms with Crippen molar-refractivity contribution in [2.75, 3.05) is 64.9 Å². The number of benzene rings is 2. The number of amides is 3. The average Bonchev–Trinajstić information content (AvgIpc) is 2.81. The molecule has 0 aliphatic carbocycles. The van der Waals surface area contributed by atoms with Crippen molar-refractivity contribution in [2.24, 2.45) is 0 Å². The molecule has 3 amide bonds. The number of carbonyl (C=O) groups excluding carboxylic acids is 2. The van der Waals surface area contributed by atoms with Gasteiger partial charge < -0.3 is 9.64 Å². The van der Waals surface area contributed by atoms with E-state index in [1.54, 1.807) is 12.1 Å². The number of hydrogen-bond donors (Lipinski definition) is 1. The maximum Gasteiger partial charge on any atom is 0.340 e. The van der Waals surface area contributed by atoms with Gasteiger partial charge in [0.2, 0.25) is 5.91 Å². The summed E-state index contributed by atoms with van der Waals surface area (Å²) in [4.78, 5) is 29.7. The van der Waals surface area contributed by atoms with Gasteiger partial charge in [0, 0.05) is 50.8 Å².